The molecule has 110 valence electrons. The molecule has 1 atom stereocenters. The minimum absolute atomic E-state index is 0.0641. The van der Waals surface area contributed by atoms with Gasteiger partial charge in [-0.05, 0) is 43.9 Å². The van der Waals surface area contributed by atoms with Gasteiger partial charge in [0.2, 0.25) is 5.91 Å². The number of carboxylic acids is 1. The molecule has 0 saturated heterocycles. The van der Waals surface area contributed by atoms with Crippen LogP contribution in [-0.2, 0) is 9.59 Å². The number of anilines is 1. The normalized spacial score (nSPS) is 12.8. The zero-order valence-electron chi connectivity index (χ0n) is 12.1. The highest BCUT2D eigenvalue weighted by molar-refractivity contribution is 5.92. The first-order valence-electron chi connectivity index (χ1n) is 6.66. The van der Waals surface area contributed by atoms with Gasteiger partial charge in [0.25, 0.3) is 0 Å². The van der Waals surface area contributed by atoms with Crippen molar-refractivity contribution in [3.8, 4) is 0 Å². The van der Waals surface area contributed by atoms with Crippen LogP contribution in [0.2, 0.25) is 0 Å². The van der Waals surface area contributed by atoms with E-state index in [1.807, 2.05) is 19.1 Å². The van der Waals surface area contributed by atoms with Crippen molar-refractivity contribution in [2.24, 2.45) is 11.1 Å². The summed E-state index contributed by atoms with van der Waals surface area (Å²) in [7, 11) is 0. The summed E-state index contributed by atoms with van der Waals surface area (Å²) < 4.78 is 0. The SMILES string of the molecule is CCC(c1ccc(NC(=O)CN)cc1)C(C)(C)C(=O)O. The summed E-state index contributed by atoms with van der Waals surface area (Å²) in [6.07, 6.45) is 0.730. The van der Waals surface area contributed by atoms with Crippen LogP contribution in [0.1, 0.15) is 38.7 Å². The standard InChI is InChI=1S/C15H22N2O3/c1-4-12(15(2,3)14(19)20)10-5-7-11(8-6-10)17-13(18)9-16/h5-8,12H,4,9,16H2,1-3H3,(H,17,18)(H,19,20). The quantitative estimate of drug-likeness (QED) is 0.743. The lowest BCUT2D eigenvalue weighted by Crippen LogP contribution is -2.31. The third-order valence-electron chi connectivity index (χ3n) is 3.61. The molecular weight excluding hydrogens is 256 g/mol. The number of carbonyl (C=O) groups is 2. The Bertz CT molecular complexity index is 480. The van der Waals surface area contributed by atoms with Crippen LogP contribution in [0.15, 0.2) is 24.3 Å². The Hall–Kier alpha value is -1.88. The number of hydrogen-bond donors (Lipinski definition) is 3. The number of rotatable bonds is 6. The van der Waals surface area contributed by atoms with E-state index in [2.05, 4.69) is 5.32 Å². The van der Waals surface area contributed by atoms with E-state index >= 15 is 0 Å². The van der Waals surface area contributed by atoms with E-state index in [1.165, 1.54) is 0 Å². The molecule has 0 radical (unpaired) electrons. The monoisotopic (exact) mass is 278 g/mol. The molecule has 20 heavy (non-hydrogen) atoms. The van der Waals surface area contributed by atoms with Crippen LogP contribution in [0.4, 0.5) is 5.69 Å². The van der Waals surface area contributed by atoms with Gasteiger partial charge in [-0.25, -0.2) is 0 Å². The summed E-state index contributed by atoms with van der Waals surface area (Å²) in [6.45, 7) is 5.37. The van der Waals surface area contributed by atoms with Crippen molar-refractivity contribution in [1.29, 1.82) is 0 Å². The molecule has 1 aromatic carbocycles. The Morgan fingerprint density at radius 2 is 1.85 bits per heavy atom. The summed E-state index contributed by atoms with van der Waals surface area (Å²) in [5.41, 5.74) is 6.01. The number of nitrogens with two attached hydrogens (primary N) is 1. The summed E-state index contributed by atoms with van der Waals surface area (Å²) in [6, 6.07) is 7.24. The zero-order valence-corrected chi connectivity index (χ0v) is 12.1. The van der Waals surface area contributed by atoms with Gasteiger partial charge >= 0.3 is 5.97 Å². The Morgan fingerprint density at radius 1 is 1.30 bits per heavy atom. The highest BCUT2D eigenvalue weighted by Crippen LogP contribution is 2.38. The van der Waals surface area contributed by atoms with Crippen molar-refractivity contribution in [2.45, 2.75) is 33.1 Å². The number of amides is 1. The molecule has 5 heteroatoms. The van der Waals surface area contributed by atoms with Crippen LogP contribution >= 0.6 is 0 Å². The average molecular weight is 278 g/mol. The van der Waals surface area contributed by atoms with Crippen molar-refractivity contribution in [3.05, 3.63) is 29.8 Å². The molecule has 1 rings (SSSR count). The molecule has 0 bridgehead atoms. The van der Waals surface area contributed by atoms with E-state index in [4.69, 9.17) is 5.73 Å². The minimum Gasteiger partial charge on any atom is -0.481 e. The maximum Gasteiger partial charge on any atom is 0.309 e. The summed E-state index contributed by atoms with van der Waals surface area (Å²) in [4.78, 5) is 22.6. The van der Waals surface area contributed by atoms with Crippen LogP contribution in [0.5, 0.6) is 0 Å². The van der Waals surface area contributed by atoms with E-state index in [0.717, 1.165) is 12.0 Å². The zero-order chi connectivity index (χ0) is 15.3. The predicted molar refractivity (Wildman–Crippen MR) is 78.6 cm³/mol. The van der Waals surface area contributed by atoms with Crippen LogP contribution < -0.4 is 11.1 Å². The molecule has 0 fully saturated rings. The lowest BCUT2D eigenvalue weighted by molar-refractivity contribution is -0.148. The van der Waals surface area contributed by atoms with Gasteiger partial charge in [-0.3, -0.25) is 9.59 Å². The van der Waals surface area contributed by atoms with E-state index in [-0.39, 0.29) is 18.4 Å². The van der Waals surface area contributed by atoms with E-state index in [9.17, 15) is 14.7 Å². The van der Waals surface area contributed by atoms with Crippen molar-refractivity contribution >= 4 is 17.6 Å². The number of aliphatic carboxylic acids is 1. The van der Waals surface area contributed by atoms with Crippen molar-refractivity contribution < 1.29 is 14.7 Å². The first-order chi connectivity index (χ1) is 9.32. The molecule has 5 nitrogen and oxygen atoms in total. The molecular formula is C15H22N2O3. The molecule has 0 aliphatic heterocycles. The molecule has 1 amide bonds. The number of carboxylic acid groups (broad SMARTS) is 1. The molecule has 0 aliphatic rings. The highest BCUT2D eigenvalue weighted by atomic mass is 16.4. The average Bonchev–Trinajstić information content (AvgIpc) is 2.41. The third-order valence-corrected chi connectivity index (χ3v) is 3.61. The Kier molecular flexibility index (Phi) is 5.27. The van der Waals surface area contributed by atoms with Crippen LogP contribution in [0.25, 0.3) is 0 Å². The van der Waals surface area contributed by atoms with E-state index in [1.54, 1.807) is 26.0 Å². The van der Waals surface area contributed by atoms with Gasteiger partial charge in [0.05, 0.1) is 12.0 Å². The van der Waals surface area contributed by atoms with E-state index < -0.39 is 11.4 Å². The first-order valence-corrected chi connectivity index (χ1v) is 6.66. The minimum atomic E-state index is -0.837. The van der Waals surface area contributed by atoms with Gasteiger partial charge in [-0.1, -0.05) is 19.1 Å². The maximum absolute atomic E-state index is 11.4. The van der Waals surface area contributed by atoms with Gasteiger partial charge in [0, 0.05) is 5.69 Å². The molecule has 0 aromatic heterocycles. The fourth-order valence-corrected chi connectivity index (χ4v) is 2.32. The van der Waals surface area contributed by atoms with Crippen molar-refractivity contribution in [2.75, 3.05) is 11.9 Å². The second kappa shape index (κ2) is 6.52. The maximum atomic E-state index is 11.4. The molecule has 0 heterocycles. The lowest BCUT2D eigenvalue weighted by atomic mass is 9.73. The summed E-state index contributed by atoms with van der Waals surface area (Å²) in [5.74, 6) is -1.15. The topological polar surface area (TPSA) is 92.4 Å². The number of benzene rings is 1. The molecule has 1 unspecified atom stereocenters. The molecule has 4 N–H and O–H groups in total. The highest BCUT2D eigenvalue weighted by Gasteiger charge is 2.36. The Balaban J connectivity index is 2.96. The Morgan fingerprint density at radius 3 is 2.25 bits per heavy atom. The van der Waals surface area contributed by atoms with E-state index in [0.29, 0.717) is 5.69 Å². The first kappa shape index (κ1) is 16.2. The number of carbonyl (C=O) groups excluding carboxylic acids is 1. The lowest BCUT2D eigenvalue weighted by Gasteiger charge is -2.30. The van der Waals surface area contributed by atoms with Gasteiger partial charge < -0.3 is 16.2 Å². The molecule has 0 aliphatic carbocycles. The second-order valence-electron chi connectivity index (χ2n) is 5.36. The van der Waals surface area contributed by atoms with Crippen LogP contribution in [-0.4, -0.2) is 23.5 Å². The molecule has 1 aromatic rings. The molecule has 0 saturated carbocycles. The van der Waals surface area contributed by atoms with Gasteiger partial charge in [0.1, 0.15) is 0 Å². The second-order valence-corrected chi connectivity index (χ2v) is 5.36. The number of nitrogens with one attached hydrogen (secondary N) is 1. The van der Waals surface area contributed by atoms with Crippen molar-refractivity contribution in [3.63, 3.8) is 0 Å². The smallest absolute Gasteiger partial charge is 0.309 e. The van der Waals surface area contributed by atoms with Gasteiger partial charge in [-0.2, -0.15) is 0 Å². The fraction of sp³-hybridized carbons (Fsp3) is 0.467. The Labute approximate surface area is 119 Å². The van der Waals surface area contributed by atoms with Gasteiger partial charge in [0.15, 0.2) is 0 Å². The van der Waals surface area contributed by atoms with Crippen molar-refractivity contribution in [1.82, 2.24) is 0 Å². The van der Waals surface area contributed by atoms with Crippen LogP contribution in [0.3, 0.4) is 0 Å². The molecule has 0 spiro atoms. The predicted octanol–water partition coefficient (Wildman–Crippen LogP) is 2.19. The largest absolute Gasteiger partial charge is 0.481 e. The summed E-state index contributed by atoms with van der Waals surface area (Å²) in [5, 5.41) is 12.0. The van der Waals surface area contributed by atoms with Gasteiger partial charge in [-0.15, -0.1) is 0 Å². The number of hydrogen-bond acceptors (Lipinski definition) is 3. The summed E-state index contributed by atoms with van der Waals surface area (Å²) >= 11 is 0. The van der Waals surface area contributed by atoms with Crippen LogP contribution in [0, 0.1) is 5.41 Å². The third kappa shape index (κ3) is 3.57. The fourth-order valence-electron chi connectivity index (χ4n) is 2.32.